The second kappa shape index (κ2) is 124. The normalized spacial score (nSPS) is 2.40. The van der Waals surface area contributed by atoms with Crippen LogP contribution in [0.1, 0.15) is 6.92 Å². The monoisotopic (exact) mass is 85.0 g/mol. The van der Waals surface area contributed by atoms with Gasteiger partial charge in [0.2, 0.25) is 0 Å². The van der Waals surface area contributed by atoms with Crippen molar-refractivity contribution in [1.29, 1.82) is 0 Å². The van der Waals surface area contributed by atoms with Crippen molar-refractivity contribution in [2.24, 2.45) is 0 Å². The summed E-state index contributed by atoms with van der Waals surface area (Å²) in [6, 6.07) is 0. The molecule has 0 aliphatic rings. The minimum absolute atomic E-state index is 0. The quantitative estimate of drug-likeness (QED) is 0.326. The number of aliphatic hydroxyl groups is 1. The molecule has 5 heavy (non-hydrogen) atoms. The number of aliphatic hydroxyl groups excluding tert-OH is 1. The molecule has 0 heterocycles. The van der Waals surface area contributed by atoms with Crippen LogP contribution in [0, 0.1) is 6.92 Å². The summed E-state index contributed by atoms with van der Waals surface area (Å²) in [5.41, 5.74) is 0. The Labute approximate surface area is 49.5 Å². The molecule has 0 radical (unpaired) electrons. The molecule has 0 saturated heterocycles. The van der Waals surface area contributed by atoms with Gasteiger partial charge < -0.3 is 12.0 Å². The fourth-order valence-electron chi connectivity index (χ4n) is 0. The number of rotatable bonds is 0. The predicted molar refractivity (Wildman–Crippen MR) is 24.9 cm³/mol. The average Bonchev–Trinajstić information content (AvgIpc) is 1.50. The van der Waals surface area contributed by atoms with Crippen LogP contribution in [0.25, 0.3) is 0 Å². The van der Waals surface area contributed by atoms with E-state index in [0.29, 0.717) is 0 Å². The molecular formula is C3H9MgO+. The van der Waals surface area contributed by atoms with E-state index < -0.39 is 0 Å². The maximum Gasteiger partial charge on any atom is 2.00 e. The summed E-state index contributed by atoms with van der Waals surface area (Å²) in [5.74, 6) is 0. The third kappa shape index (κ3) is 66.6. The second-order valence-corrected chi connectivity index (χ2v) is 0. The predicted octanol–water partition coefficient (Wildman–Crippen LogP) is 0.0681. The number of hydrogen-bond acceptors (Lipinski definition) is 1. The molecule has 0 bridgehead atoms. The first-order valence-corrected chi connectivity index (χ1v) is 1.15. The van der Waals surface area contributed by atoms with Gasteiger partial charge in [0, 0.05) is 7.11 Å². The van der Waals surface area contributed by atoms with E-state index in [-0.39, 0.29) is 23.1 Å². The van der Waals surface area contributed by atoms with Gasteiger partial charge in [-0.05, 0) is 0 Å². The molecule has 1 N–H and O–H groups in total. The van der Waals surface area contributed by atoms with Crippen molar-refractivity contribution in [1.82, 2.24) is 0 Å². The molecule has 0 aromatic rings. The van der Waals surface area contributed by atoms with E-state index in [1.165, 1.54) is 0 Å². The van der Waals surface area contributed by atoms with Gasteiger partial charge in [-0.3, -0.25) is 0 Å². The Morgan fingerprint density at radius 1 is 1.20 bits per heavy atom. The maximum atomic E-state index is 7.00. The van der Waals surface area contributed by atoms with E-state index >= 15 is 0 Å². The van der Waals surface area contributed by atoms with Crippen molar-refractivity contribution in [2.75, 3.05) is 7.11 Å². The van der Waals surface area contributed by atoms with Crippen LogP contribution in [0.3, 0.4) is 0 Å². The molecule has 2 heteroatoms. The summed E-state index contributed by atoms with van der Waals surface area (Å²) in [6.45, 7) is 5.00. The molecule has 0 spiro atoms. The second-order valence-electron chi connectivity index (χ2n) is 0. The first-order valence-electron chi connectivity index (χ1n) is 1.15. The van der Waals surface area contributed by atoms with Crippen molar-refractivity contribution >= 4 is 23.1 Å². The van der Waals surface area contributed by atoms with Crippen molar-refractivity contribution in [2.45, 2.75) is 6.92 Å². The third-order valence-corrected chi connectivity index (χ3v) is 0. The molecule has 0 aliphatic heterocycles. The van der Waals surface area contributed by atoms with Crippen LogP contribution in [0.15, 0.2) is 0 Å². The smallest absolute Gasteiger partial charge is 0.400 e. The van der Waals surface area contributed by atoms with E-state index in [0.717, 1.165) is 7.11 Å². The Morgan fingerprint density at radius 2 is 1.20 bits per heavy atom. The summed E-state index contributed by atoms with van der Waals surface area (Å²) in [6.07, 6.45) is 0. The van der Waals surface area contributed by atoms with E-state index in [1.807, 2.05) is 0 Å². The van der Waals surface area contributed by atoms with Gasteiger partial charge >= 0.3 is 23.1 Å². The van der Waals surface area contributed by atoms with Crippen molar-refractivity contribution in [3.05, 3.63) is 6.92 Å². The molecule has 0 rings (SSSR count). The summed E-state index contributed by atoms with van der Waals surface area (Å²) in [5, 5.41) is 7.00. The van der Waals surface area contributed by atoms with Gasteiger partial charge in [-0.15, -0.1) is 0 Å². The third-order valence-electron chi connectivity index (χ3n) is 0. The topological polar surface area (TPSA) is 20.2 Å². The first kappa shape index (κ1) is 17.2. The summed E-state index contributed by atoms with van der Waals surface area (Å²) in [4.78, 5) is 0. The van der Waals surface area contributed by atoms with Crippen LogP contribution < -0.4 is 0 Å². The van der Waals surface area contributed by atoms with Crippen LogP contribution in [-0.2, 0) is 0 Å². The molecular weight excluding hydrogens is 76.3 g/mol. The SMILES string of the molecule is CO.[CH2-]C.[Mg+2]. The molecule has 0 saturated carbocycles. The van der Waals surface area contributed by atoms with Gasteiger partial charge in [0.1, 0.15) is 0 Å². The largest absolute Gasteiger partial charge is 2.00 e. The summed E-state index contributed by atoms with van der Waals surface area (Å²) >= 11 is 0. The van der Waals surface area contributed by atoms with E-state index in [1.54, 1.807) is 6.92 Å². The number of hydrogen-bond donors (Lipinski definition) is 1. The molecule has 0 aromatic carbocycles. The zero-order valence-corrected chi connectivity index (χ0v) is 5.28. The fourth-order valence-corrected chi connectivity index (χ4v) is 0. The Hall–Kier alpha value is 0.726. The Kier molecular flexibility index (Phi) is 428. The standard InChI is InChI=1S/C2H5.CH4O.Mg/c2*1-2;/h1H2,2H3;2H,1H3;/q-1;;+2. The Bertz CT molecular complexity index is 6.85. The van der Waals surface area contributed by atoms with Crippen molar-refractivity contribution in [3.63, 3.8) is 0 Å². The summed E-state index contributed by atoms with van der Waals surface area (Å²) < 4.78 is 0. The maximum absolute atomic E-state index is 7.00. The van der Waals surface area contributed by atoms with Crippen LogP contribution >= 0.6 is 0 Å². The minimum Gasteiger partial charge on any atom is -0.400 e. The molecule has 0 atom stereocenters. The van der Waals surface area contributed by atoms with Gasteiger partial charge in [-0.1, -0.05) is 0 Å². The zero-order chi connectivity index (χ0) is 4.00. The minimum atomic E-state index is 0. The molecule has 0 fully saturated rings. The van der Waals surface area contributed by atoms with E-state index in [4.69, 9.17) is 5.11 Å². The van der Waals surface area contributed by atoms with Crippen LogP contribution in [-0.4, -0.2) is 35.3 Å². The Morgan fingerprint density at radius 3 is 1.20 bits per heavy atom. The van der Waals surface area contributed by atoms with Crippen LogP contribution in [0.4, 0.5) is 0 Å². The fraction of sp³-hybridized carbons (Fsp3) is 0.667. The van der Waals surface area contributed by atoms with Crippen molar-refractivity contribution < 1.29 is 5.11 Å². The Balaban J connectivity index is -0.0000000133. The molecule has 0 aromatic heterocycles. The zero-order valence-electron chi connectivity index (χ0n) is 3.86. The molecule has 1 nitrogen and oxygen atoms in total. The van der Waals surface area contributed by atoms with Gasteiger partial charge in [0.05, 0.1) is 0 Å². The average molecular weight is 85.4 g/mol. The van der Waals surface area contributed by atoms with Crippen molar-refractivity contribution in [3.8, 4) is 0 Å². The first-order chi connectivity index (χ1) is 2.00. The molecule has 0 amide bonds. The van der Waals surface area contributed by atoms with Crippen LogP contribution in [0.5, 0.6) is 0 Å². The van der Waals surface area contributed by atoms with Crippen LogP contribution in [0.2, 0.25) is 0 Å². The van der Waals surface area contributed by atoms with Gasteiger partial charge in [0.25, 0.3) is 0 Å². The summed E-state index contributed by atoms with van der Waals surface area (Å²) in [7, 11) is 1.00. The molecule has 0 aliphatic carbocycles. The van der Waals surface area contributed by atoms with Gasteiger partial charge in [0.15, 0.2) is 0 Å². The van der Waals surface area contributed by atoms with E-state index in [2.05, 4.69) is 6.92 Å². The van der Waals surface area contributed by atoms with Gasteiger partial charge in [-0.2, -0.15) is 6.92 Å². The molecule has 0 unspecified atom stereocenters. The van der Waals surface area contributed by atoms with Gasteiger partial charge in [-0.25, -0.2) is 0 Å². The van der Waals surface area contributed by atoms with E-state index in [9.17, 15) is 0 Å². The molecule has 28 valence electrons.